The minimum absolute atomic E-state index is 0.113. The molecule has 0 spiro atoms. The van der Waals surface area contributed by atoms with E-state index in [0.29, 0.717) is 23.4 Å². The van der Waals surface area contributed by atoms with Crippen LogP contribution in [-0.2, 0) is 13.5 Å². The molecule has 1 atom stereocenters. The van der Waals surface area contributed by atoms with Crippen molar-refractivity contribution in [2.24, 2.45) is 7.05 Å². The van der Waals surface area contributed by atoms with Gasteiger partial charge in [0.1, 0.15) is 11.5 Å². The summed E-state index contributed by atoms with van der Waals surface area (Å²) in [5.74, 6) is -0.822. The zero-order chi connectivity index (χ0) is 22.7. The molecular formula is C23H23FN6O2. The zero-order valence-corrected chi connectivity index (χ0v) is 17.7. The Hall–Kier alpha value is -3.85. The van der Waals surface area contributed by atoms with Crippen LogP contribution in [0.1, 0.15) is 34.6 Å². The van der Waals surface area contributed by atoms with Crippen molar-refractivity contribution in [3.63, 3.8) is 0 Å². The van der Waals surface area contributed by atoms with E-state index in [1.54, 1.807) is 24.9 Å². The number of rotatable bonds is 7. The van der Waals surface area contributed by atoms with Crippen molar-refractivity contribution in [3.8, 4) is 11.3 Å². The maximum atomic E-state index is 14.5. The van der Waals surface area contributed by atoms with Gasteiger partial charge >= 0.3 is 0 Å². The highest BCUT2D eigenvalue weighted by molar-refractivity contribution is 6.05. The number of benzene rings is 2. The van der Waals surface area contributed by atoms with Crippen molar-refractivity contribution in [2.75, 3.05) is 11.9 Å². The monoisotopic (exact) mass is 434 g/mol. The van der Waals surface area contributed by atoms with Gasteiger partial charge in [0, 0.05) is 24.7 Å². The highest BCUT2D eigenvalue weighted by Gasteiger charge is 2.18. The van der Waals surface area contributed by atoms with E-state index in [4.69, 9.17) is 0 Å². The van der Waals surface area contributed by atoms with E-state index in [1.807, 2.05) is 30.3 Å². The number of carbonyl (C=O) groups excluding carboxylic acids is 1. The number of aliphatic hydroxyl groups is 1. The van der Waals surface area contributed by atoms with Crippen LogP contribution in [0.15, 0.2) is 60.9 Å². The van der Waals surface area contributed by atoms with E-state index < -0.39 is 5.82 Å². The Bertz CT molecular complexity index is 1230. The lowest BCUT2D eigenvalue weighted by atomic mass is 10.1. The average Bonchev–Trinajstić information content (AvgIpc) is 3.43. The predicted molar refractivity (Wildman–Crippen MR) is 118 cm³/mol. The number of hydrogen-bond acceptors (Lipinski definition) is 5. The van der Waals surface area contributed by atoms with Crippen LogP contribution in [0.2, 0.25) is 0 Å². The van der Waals surface area contributed by atoms with Crippen molar-refractivity contribution >= 4 is 11.6 Å². The minimum Gasteiger partial charge on any atom is -0.394 e. The molecule has 8 nitrogen and oxygen atoms in total. The van der Waals surface area contributed by atoms with E-state index in [2.05, 4.69) is 20.7 Å². The first-order chi connectivity index (χ1) is 15.5. The van der Waals surface area contributed by atoms with Crippen molar-refractivity contribution in [3.05, 3.63) is 83.6 Å². The molecule has 4 aromatic rings. The van der Waals surface area contributed by atoms with Gasteiger partial charge in [-0.3, -0.25) is 9.48 Å². The summed E-state index contributed by atoms with van der Waals surface area (Å²) in [4.78, 5) is 13.0. The number of anilines is 1. The lowest BCUT2D eigenvalue weighted by molar-refractivity contribution is 0.102. The second-order valence-electron chi connectivity index (χ2n) is 7.56. The Morgan fingerprint density at radius 2 is 2.00 bits per heavy atom. The van der Waals surface area contributed by atoms with Crippen LogP contribution in [-0.4, -0.2) is 42.4 Å². The Kier molecular flexibility index (Phi) is 6.09. The summed E-state index contributed by atoms with van der Waals surface area (Å²) in [7, 11) is 1.79. The molecule has 4 rings (SSSR count). The summed E-state index contributed by atoms with van der Waals surface area (Å²) >= 11 is 0. The molecule has 0 aliphatic carbocycles. The number of hydrogen-bond donors (Lipinski definition) is 2. The van der Waals surface area contributed by atoms with Crippen molar-refractivity contribution in [2.45, 2.75) is 19.4 Å². The molecule has 0 fully saturated rings. The molecule has 2 heterocycles. The molecule has 164 valence electrons. The van der Waals surface area contributed by atoms with Crippen molar-refractivity contribution in [1.82, 2.24) is 24.8 Å². The SMILES string of the molecule is C[C@@H](CO)n1cc(-c2cc(NC(=O)c3cnn(C)c3Cc3ccccc3)ccc2F)nn1. The smallest absolute Gasteiger partial charge is 0.259 e. The lowest BCUT2D eigenvalue weighted by Crippen LogP contribution is -2.14. The van der Waals surface area contributed by atoms with E-state index in [9.17, 15) is 14.3 Å². The highest BCUT2D eigenvalue weighted by atomic mass is 19.1. The summed E-state index contributed by atoms with van der Waals surface area (Å²) in [5.41, 5.74) is 3.22. The summed E-state index contributed by atoms with van der Waals surface area (Å²) in [6.45, 7) is 1.66. The molecule has 9 heteroatoms. The number of aryl methyl sites for hydroxylation is 1. The average molecular weight is 434 g/mol. The van der Waals surface area contributed by atoms with Crippen LogP contribution in [0, 0.1) is 5.82 Å². The quantitative estimate of drug-likeness (QED) is 0.466. The third-order valence-corrected chi connectivity index (χ3v) is 5.25. The number of nitrogens with zero attached hydrogens (tertiary/aromatic N) is 5. The Balaban J connectivity index is 1.57. The van der Waals surface area contributed by atoms with Gasteiger partial charge in [-0.2, -0.15) is 5.10 Å². The van der Waals surface area contributed by atoms with Gasteiger partial charge in [0.05, 0.1) is 36.3 Å². The molecule has 1 amide bonds. The maximum absolute atomic E-state index is 14.5. The van der Waals surface area contributed by atoms with E-state index in [-0.39, 0.29) is 24.1 Å². The molecule has 2 aromatic heterocycles. The molecule has 0 aliphatic heterocycles. The number of nitrogens with one attached hydrogen (secondary N) is 1. The van der Waals surface area contributed by atoms with Gasteiger partial charge in [-0.1, -0.05) is 35.5 Å². The summed E-state index contributed by atoms with van der Waals surface area (Å²) in [6, 6.07) is 13.8. The van der Waals surface area contributed by atoms with Crippen LogP contribution in [0.4, 0.5) is 10.1 Å². The Morgan fingerprint density at radius 1 is 1.22 bits per heavy atom. The first-order valence-corrected chi connectivity index (χ1v) is 10.1. The lowest BCUT2D eigenvalue weighted by Gasteiger charge is -2.09. The molecular weight excluding hydrogens is 411 g/mol. The van der Waals surface area contributed by atoms with Crippen LogP contribution >= 0.6 is 0 Å². The molecule has 0 bridgehead atoms. The molecule has 2 N–H and O–H groups in total. The standard InChI is InChI=1S/C23H23FN6O2/c1-15(14-31)30-13-21(27-28-30)18-11-17(8-9-20(18)24)26-23(32)19-12-25-29(2)22(19)10-16-6-4-3-5-7-16/h3-9,11-13,15,31H,10,14H2,1-2H3,(H,26,32)/t15-/m0/s1. The number of carbonyl (C=O) groups is 1. The largest absolute Gasteiger partial charge is 0.394 e. The third kappa shape index (κ3) is 4.42. The first-order valence-electron chi connectivity index (χ1n) is 10.1. The fourth-order valence-electron chi connectivity index (χ4n) is 3.35. The third-order valence-electron chi connectivity index (χ3n) is 5.25. The molecule has 32 heavy (non-hydrogen) atoms. The second-order valence-corrected chi connectivity index (χ2v) is 7.56. The normalized spacial score (nSPS) is 12.0. The van der Waals surface area contributed by atoms with E-state index in [0.717, 1.165) is 11.3 Å². The number of halogens is 1. The summed E-state index contributed by atoms with van der Waals surface area (Å²) in [6.07, 6.45) is 3.64. The van der Waals surface area contributed by atoms with E-state index >= 15 is 0 Å². The Morgan fingerprint density at radius 3 is 2.75 bits per heavy atom. The molecule has 0 unspecified atom stereocenters. The number of amides is 1. The molecule has 0 aliphatic rings. The van der Waals surface area contributed by atoms with Crippen LogP contribution in [0.5, 0.6) is 0 Å². The van der Waals surface area contributed by atoms with Crippen molar-refractivity contribution < 1.29 is 14.3 Å². The topological polar surface area (TPSA) is 97.9 Å². The van der Waals surface area contributed by atoms with Crippen molar-refractivity contribution in [1.29, 1.82) is 0 Å². The number of aromatic nitrogens is 5. The van der Waals surface area contributed by atoms with Gasteiger partial charge in [-0.25, -0.2) is 9.07 Å². The van der Waals surface area contributed by atoms with Gasteiger partial charge in [-0.15, -0.1) is 5.10 Å². The predicted octanol–water partition coefficient (Wildman–Crippen LogP) is 3.21. The second kappa shape index (κ2) is 9.11. The van der Waals surface area contributed by atoms with Gasteiger partial charge in [0.15, 0.2) is 0 Å². The van der Waals surface area contributed by atoms with Crippen LogP contribution in [0.25, 0.3) is 11.3 Å². The molecule has 0 saturated heterocycles. The van der Waals surface area contributed by atoms with Gasteiger partial charge in [0.2, 0.25) is 0 Å². The number of aliphatic hydroxyl groups excluding tert-OH is 1. The van der Waals surface area contributed by atoms with Gasteiger partial charge in [0.25, 0.3) is 5.91 Å². The Labute approximate surface area is 184 Å². The van der Waals surface area contributed by atoms with Gasteiger partial charge in [-0.05, 0) is 30.7 Å². The maximum Gasteiger partial charge on any atom is 0.259 e. The van der Waals surface area contributed by atoms with Crippen LogP contribution in [0.3, 0.4) is 0 Å². The summed E-state index contributed by atoms with van der Waals surface area (Å²) < 4.78 is 17.6. The van der Waals surface area contributed by atoms with Gasteiger partial charge < -0.3 is 10.4 Å². The summed E-state index contributed by atoms with van der Waals surface area (Å²) in [5, 5.41) is 24.3. The molecule has 0 radical (unpaired) electrons. The van der Waals surface area contributed by atoms with Crippen LogP contribution < -0.4 is 5.32 Å². The minimum atomic E-state index is -0.488. The first kappa shape index (κ1) is 21.4. The fraction of sp³-hybridized carbons (Fsp3) is 0.217. The highest BCUT2D eigenvalue weighted by Crippen LogP contribution is 2.25. The van der Waals surface area contributed by atoms with E-state index in [1.165, 1.54) is 29.1 Å². The zero-order valence-electron chi connectivity index (χ0n) is 17.7. The molecule has 2 aromatic carbocycles. The fourth-order valence-corrected chi connectivity index (χ4v) is 3.35. The molecule has 0 saturated carbocycles.